The molecule has 0 aliphatic carbocycles. The van der Waals surface area contributed by atoms with Gasteiger partial charge in [-0.2, -0.15) is 0 Å². The Morgan fingerprint density at radius 1 is 0.947 bits per heavy atom. The molecule has 2 aromatic carbocycles. The Hall–Kier alpha value is -2.30. The van der Waals surface area contributed by atoms with Gasteiger partial charge in [0.25, 0.3) is 5.91 Å². The van der Waals surface area contributed by atoms with E-state index in [2.05, 4.69) is 5.32 Å². The summed E-state index contributed by atoms with van der Waals surface area (Å²) in [5.74, 6) is -2.11. The fourth-order valence-electron chi connectivity index (χ4n) is 1.56. The SMILES string of the molecule is O=C(NCc1cc(F)ccc1F)c1ccc(F)cc1. The molecule has 98 valence electrons. The topological polar surface area (TPSA) is 29.1 Å². The summed E-state index contributed by atoms with van der Waals surface area (Å²) < 4.78 is 38.9. The number of carbonyl (C=O) groups excluding carboxylic acids is 1. The molecule has 2 nitrogen and oxygen atoms in total. The summed E-state index contributed by atoms with van der Waals surface area (Å²) in [6.07, 6.45) is 0. The van der Waals surface area contributed by atoms with Crippen LogP contribution in [0.25, 0.3) is 0 Å². The lowest BCUT2D eigenvalue weighted by Gasteiger charge is -2.06. The number of amides is 1. The number of halogens is 3. The van der Waals surface area contributed by atoms with Gasteiger partial charge in [-0.15, -0.1) is 0 Å². The zero-order chi connectivity index (χ0) is 13.8. The predicted molar refractivity (Wildman–Crippen MR) is 63.9 cm³/mol. The Labute approximate surface area is 107 Å². The average Bonchev–Trinajstić information content (AvgIpc) is 2.40. The van der Waals surface area contributed by atoms with Crippen molar-refractivity contribution in [1.82, 2.24) is 5.32 Å². The van der Waals surface area contributed by atoms with E-state index in [0.29, 0.717) is 0 Å². The minimum atomic E-state index is -0.596. The molecule has 0 radical (unpaired) electrons. The molecule has 0 saturated carbocycles. The molecule has 0 fully saturated rings. The van der Waals surface area contributed by atoms with Gasteiger partial charge in [-0.3, -0.25) is 4.79 Å². The van der Waals surface area contributed by atoms with Gasteiger partial charge in [0.2, 0.25) is 0 Å². The number of hydrogen-bond acceptors (Lipinski definition) is 1. The van der Waals surface area contributed by atoms with Crippen LogP contribution in [0.15, 0.2) is 42.5 Å². The molecule has 1 N–H and O–H groups in total. The van der Waals surface area contributed by atoms with Gasteiger partial charge >= 0.3 is 0 Å². The highest BCUT2D eigenvalue weighted by molar-refractivity contribution is 5.94. The number of benzene rings is 2. The monoisotopic (exact) mass is 265 g/mol. The maximum absolute atomic E-state index is 13.3. The van der Waals surface area contributed by atoms with E-state index in [9.17, 15) is 18.0 Å². The molecule has 2 aromatic rings. The van der Waals surface area contributed by atoms with Crippen molar-refractivity contribution in [2.24, 2.45) is 0 Å². The largest absolute Gasteiger partial charge is 0.348 e. The van der Waals surface area contributed by atoms with Gasteiger partial charge in [0.15, 0.2) is 0 Å². The van der Waals surface area contributed by atoms with E-state index in [4.69, 9.17) is 0 Å². The lowest BCUT2D eigenvalue weighted by atomic mass is 10.2. The van der Waals surface area contributed by atoms with Gasteiger partial charge < -0.3 is 5.32 Å². The zero-order valence-electron chi connectivity index (χ0n) is 9.79. The Bertz CT molecular complexity index is 596. The molecule has 0 saturated heterocycles. The molecule has 5 heteroatoms. The van der Waals surface area contributed by atoms with Crippen molar-refractivity contribution >= 4 is 5.91 Å². The Morgan fingerprint density at radius 3 is 2.26 bits per heavy atom. The summed E-state index contributed by atoms with van der Waals surface area (Å²) in [6, 6.07) is 7.93. The number of nitrogens with one attached hydrogen (secondary N) is 1. The van der Waals surface area contributed by atoms with Crippen LogP contribution in [0.4, 0.5) is 13.2 Å². The zero-order valence-corrected chi connectivity index (χ0v) is 9.79. The van der Waals surface area contributed by atoms with Crippen LogP contribution in [-0.4, -0.2) is 5.91 Å². The van der Waals surface area contributed by atoms with Crippen molar-refractivity contribution in [3.05, 3.63) is 71.0 Å². The third-order valence-electron chi connectivity index (χ3n) is 2.55. The van der Waals surface area contributed by atoms with Crippen LogP contribution in [0.5, 0.6) is 0 Å². The van der Waals surface area contributed by atoms with Gasteiger partial charge in [-0.05, 0) is 42.5 Å². The van der Waals surface area contributed by atoms with Crippen LogP contribution in [0.3, 0.4) is 0 Å². The number of carbonyl (C=O) groups is 1. The normalized spacial score (nSPS) is 10.3. The van der Waals surface area contributed by atoms with Crippen molar-refractivity contribution in [2.75, 3.05) is 0 Å². The maximum atomic E-state index is 13.3. The van der Waals surface area contributed by atoms with Gasteiger partial charge in [-0.25, -0.2) is 13.2 Å². The number of hydrogen-bond donors (Lipinski definition) is 1. The standard InChI is InChI=1S/C14H10F3NO/c15-11-3-1-9(2-4-11)14(19)18-8-10-7-12(16)5-6-13(10)17/h1-7H,8H2,(H,18,19). The minimum Gasteiger partial charge on any atom is -0.348 e. The van der Waals surface area contributed by atoms with Gasteiger partial charge in [0.1, 0.15) is 17.5 Å². The number of rotatable bonds is 3. The lowest BCUT2D eigenvalue weighted by molar-refractivity contribution is 0.0950. The highest BCUT2D eigenvalue weighted by Crippen LogP contribution is 2.10. The smallest absolute Gasteiger partial charge is 0.251 e. The summed E-state index contributed by atoms with van der Waals surface area (Å²) in [5, 5.41) is 2.43. The van der Waals surface area contributed by atoms with Crippen LogP contribution in [-0.2, 0) is 6.54 Å². The third-order valence-corrected chi connectivity index (χ3v) is 2.55. The van der Waals surface area contributed by atoms with Gasteiger partial charge in [0, 0.05) is 17.7 Å². The van der Waals surface area contributed by atoms with Crippen LogP contribution in [0.1, 0.15) is 15.9 Å². The van der Waals surface area contributed by atoms with Crippen molar-refractivity contribution in [2.45, 2.75) is 6.54 Å². The van der Waals surface area contributed by atoms with Crippen LogP contribution >= 0.6 is 0 Å². The van der Waals surface area contributed by atoms with E-state index < -0.39 is 23.4 Å². The predicted octanol–water partition coefficient (Wildman–Crippen LogP) is 3.03. The molecule has 0 unspecified atom stereocenters. The highest BCUT2D eigenvalue weighted by Gasteiger charge is 2.08. The van der Waals surface area contributed by atoms with Crippen LogP contribution < -0.4 is 5.32 Å². The molecule has 0 aliphatic rings. The second kappa shape index (κ2) is 5.56. The van der Waals surface area contributed by atoms with E-state index in [-0.39, 0.29) is 17.7 Å². The summed E-state index contributed by atoms with van der Waals surface area (Å²) in [6.45, 7) is -0.139. The van der Waals surface area contributed by atoms with Crippen LogP contribution in [0, 0.1) is 17.5 Å². The van der Waals surface area contributed by atoms with Crippen LogP contribution in [0.2, 0.25) is 0 Å². The van der Waals surface area contributed by atoms with Crippen molar-refractivity contribution < 1.29 is 18.0 Å². The van der Waals surface area contributed by atoms with E-state index in [1.54, 1.807) is 0 Å². The molecule has 0 aliphatic heterocycles. The molecule has 0 aromatic heterocycles. The summed E-state index contributed by atoms with van der Waals surface area (Å²) in [7, 11) is 0. The first-order valence-corrected chi connectivity index (χ1v) is 5.54. The van der Waals surface area contributed by atoms with Gasteiger partial charge in [-0.1, -0.05) is 0 Å². The highest BCUT2D eigenvalue weighted by atomic mass is 19.1. The van der Waals surface area contributed by atoms with Gasteiger partial charge in [0.05, 0.1) is 0 Å². The Balaban J connectivity index is 2.04. The van der Waals surface area contributed by atoms with E-state index in [1.807, 2.05) is 0 Å². The second-order valence-electron chi connectivity index (χ2n) is 3.93. The summed E-state index contributed by atoms with van der Waals surface area (Å²) >= 11 is 0. The first-order valence-electron chi connectivity index (χ1n) is 5.54. The fraction of sp³-hybridized carbons (Fsp3) is 0.0714. The first-order chi connectivity index (χ1) is 9.06. The van der Waals surface area contributed by atoms with E-state index in [0.717, 1.165) is 30.3 Å². The second-order valence-corrected chi connectivity index (χ2v) is 3.93. The molecular weight excluding hydrogens is 255 g/mol. The Kier molecular flexibility index (Phi) is 3.85. The molecule has 0 atom stereocenters. The fourth-order valence-corrected chi connectivity index (χ4v) is 1.56. The molecule has 19 heavy (non-hydrogen) atoms. The first kappa shape index (κ1) is 13.1. The quantitative estimate of drug-likeness (QED) is 0.908. The van der Waals surface area contributed by atoms with Crippen molar-refractivity contribution in [3.63, 3.8) is 0 Å². The van der Waals surface area contributed by atoms with E-state index >= 15 is 0 Å². The average molecular weight is 265 g/mol. The molecule has 1 amide bonds. The molecule has 0 spiro atoms. The third kappa shape index (κ3) is 3.34. The maximum Gasteiger partial charge on any atom is 0.251 e. The summed E-state index contributed by atoms with van der Waals surface area (Å²) in [5.41, 5.74) is 0.300. The molecular formula is C14H10F3NO. The minimum absolute atomic E-state index is 0.0514. The van der Waals surface area contributed by atoms with Crippen molar-refractivity contribution in [3.8, 4) is 0 Å². The Morgan fingerprint density at radius 2 is 1.58 bits per heavy atom. The molecule has 0 heterocycles. The lowest BCUT2D eigenvalue weighted by Crippen LogP contribution is -2.23. The molecule has 2 rings (SSSR count). The molecule has 0 bridgehead atoms. The van der Waals surface area contributed by atoms with Crippen molar-refractivity contribution in [1.29, 1.82) is 0 Å². The summed E-state index contributed by atoms with van der Waals surface area (Å²) in [4.78, 5) is 11.7. The van der Waals surface area contributed by atoms with E-state index in [1.165, 1.54) is 12.1 Å².